The summed E-state index contributed by atoms with van der Waals surface area (Å²) in [5.41, 5.74) is 3.11. The second-order valence-corrected chi connectivity index (χ2v) is 5.26. The van der Waals surface area contributed by atoms with Crippen molar-refractivity contribution in [3.63, 3.8) is 0 Å². The number of aliphatic hydroxyl groups is 1. The van der Waals surface area contributed by atoms with Gasteiger partial charge in [0, 0.05) is 0 Å². The van der Waals surface area contributed by atoms with Gasteiger partial charge < -0.3 is 5.11 Å². The van der Waals surface area contributed by atoms with Crippen molar-refractivity contribution in [3.05, 3.63) is 34.9 Å². The van der Waals surface area contributed by atoms with Crippen molar-refractivity contribution in [1.29, 1.82) is 0 Å². The standard InChI is InChI=1S/C15H22O/c1-12-7-8-14(13(2)11-12)15(16)9-5-3-4-6-10-15/h7-8,11,16H,3-6,9-10H2,1-2H3. The minimum absolute atomic E-state index is 0.561. The summed E-state index contributed by atoms with van der Waals surface area (Å²) in [4.78, 5) is 0. The van der Waals surface area contributed by atoms with Crippen LogP contribution in [0.4, 0.5) is 0 Å². The Hall–Kier alpha value is -0.820. The van der Waals surface area contributed by atoms with Crippen LogP contribution in [0, 0.1) is 13.8 Å². The van der Waals surface area contributed by atoms with E-state index in [4.69, 9.17) is 0 Å². The summed E-state index contributed by atoms with van der Waals surface area (Å²) >= 11 is 0. The molecule has 0 unspecified atom stereocenters. The third-order valence-corrected chi connectivity index (χ3v) is 3.81. The van der Waals surface area contributed by atoms with Crippen molar-refractivity contribution in [2.24, 2.45) is 0 Å². The molecule has 1 fully saturated rings. The highest BCUT2D eigenvalue weighted by Gasteiger charge is 2.30. The highest BCUT2D eigenvalue weighted by atomic mass is 16.3. The van der Waals surface area contributed by atoms with Crippen LogP contribution in [0.3, 0.4) is 0 Å². The summed E-state index contributed by atoms with van der Waals surface area (Å²) in [5, 5.41) is 10.8. The van der Waals surface area contributed by atoms with E-state index in [1.165, 1.54) is 24.0 Å². The summed E-state index contributed by atoms with van der Waals surface area (Å²) in [6, 6.07) is 6.42. The summed E-state index contributed by atoms with van der Waals surface area (Å²) in [7, 11) is 0. The second-order valence-electron chi connectivity index (χ2n) is 5.26. The number of hydrogen-bond acceptors (Lipinski definition) is 1. The second kappa shape index (κ2) is 4.58. The molecule has 1 nitrogen and oxygen atoms in total. The van der Waals surface area contributed by atoms with Crippen molar-refractivity contribution >= 4 is 0 Å². The van der Waals surface area contributed by atoms with Crippen LogP contribution in [0.15, 0.2) is 18.2 Å². The van der Waals surface area contributed by atoms with E-state index in [1.54, 1.807) is 0 Å². The number of rotatable bonds is 1. The first-order chi connectivity index (χ1) is 7.62. The quantitative estimate of drug-likeness (QED) is 0.710. The maximum absolute atomic E-state index is 10.8. The average Bonchev–Trinajstić information content (AvgIpc) is 2.43. The molecule has 1 aromatic carbocycles. The van der Waals surface area contributed by atoms with Crippen LogP contribution in [0.5, 0.6) is 0 Å². The Labute approximate surface area is 98.5 Å². The fourth-order valence-electron chi connectivity index (χ4n) is 2.92. The minimum Gasteiger partial charge on any atom is -0.385 e. The Morgan fingerprint density at radius 1 is 1.00 bits per heavy atom. The number of benzene rings is 1. The maximum atomic E-state index is 10.8. The third kappa shape index (κ3) is 2.30. The SMILES string of the molecule is Cc1ccc(C2(O)CCCCCC2)c(C)c1. The highest BCUT2D eigenvalue weighted by molar-refractivity contribution is 5.34. The van der Waals surface area contributed by atoms with Gasteiger partial charge in [-0.05, 0) is 37.8 Å². The van der Waals surface area contributed by atoms with Gasteiger partial charge in [0.15, 0.2) is 0 Å². The average molecular weight is 218 g/mol. The topological polar surface area (TPSA) is 20.2 Å². The molecule has 2 rings (SSSR count). The lowest BCUT2D eigenvalue weighted by molar-refractivity contribution is 0.0201. The minimum atomic E-state index is -0.561. The molecule has 0 bridgehead atoms. The molecule has 1 heteroatoms. The van der Waals surface area contributed by atoms with Crippen LogP contribution in [-0.2, 0) is 5.60 Å². The van der Waals surface area contributed by atoms with Crippen molar-refractivity contribution in [3.8, 4) is 0 Å². The van der Waals surface area contributed by atoms with Gasteiger partial charge in [-0.2, -0.15) is 0 Å². The maximum Gasteiger partial charge on any atom is 0.0899 e. The lowest BCUT2D eigenvalue weighted by Gasteiger charge is -2.29. The van der Waals surface area contributed by atoms with Crippen molar-refractivity contribution < 1.29 is 5.11 Å². The molecule has 0 heterocycles. The zero-order valence-electron chi connectivity index (χ0n) is 10.4. The van der Waals surface area contributed by atoms with Crippen LogP contribution in [-0.4, -0.2) is 5.11 Å². The van der Waals surface area contributed by atoms with Gasteiger partial charge in [0.2, 0.25) is 0 Å². The number of aryl methyl sites for hydroxylation is 2. The van der Waals surface area contributed by atoms with Crippen molar-refractivity contribution in [2.75, 3.05) is 0 Å². The van der Waals surface area contributed by atoms with Crippen molar-refractivity contribution in [2.45, 2.75) is 58.0 Å². The molecule has 1 saturated carbocycles. The van der Waals surface area contributed by atoms with E-state index in [2.05, 4.69) is 32.0 Å². The normalized spacial score (nSPS) is 20.4. The molecule has 0 aliphatic heterocycles. The largest absolute Gasteiger partial charge is 0.385 e. The Balaban J connectivity index is 2.33. The third-order valence-electron chi connectivity index (χ3n) is 3.81. The molecule has 1 aromatic rings. The van der Waals surface area contributed by atoms with Gasteiger partial charge in [0.1, 0.15) is 0 Å². The molecule has 1 N–H and O–H groups in total. The zero-order valence-corrected chi connectivity index (χ0v) is 10.4. The molecule has 88 valence electrons. The van der Waals surface area contributed by atoms with Gasteiger partial charge in [-0.25, -0.2) is 0 Å². The summed E-state index contributed by atoms with van der Waals surface area (Å²) in [5.74, 6) is 0. The summed E-state index contributed by atoms with van der Waals surface area (Å²) in [6.45, 7) is 4.22. The van der Waals surface area contributed by atoms with Crippen LogP contribution in [0.1, 0.15) is 55.2 Å². The molecular weight excluding hydrogens is 196 g/mol. The molecule has 0 aromatic heterocycles. The predicted molar refractivity (Wildman–Crippen MR) is 67.5 cm³/mol. The predicted octanol–water partition coefficient (Wildman–Crippen LogP) is 3.85. The molecule has 0 amide bonds. The van der Waals surface area contributed by atoms with Crippen LogP contribution < -0.4 is 0 Å². The van der Waals surface area contributed by atoms with E-state index in [0.717, 1.165) is 31.2 Å². The zero-order chi connectivity index (χ0) is 11.6. The van der Waals surface area contributed by atoms with Crippen molar-refractivity contribution in [1.82, 2.24) is 0 Å². The number of hydrogen-bond donors (Lipinski definition) is 1. The lowest BCUT2D eigenvalue weighted by Crippen LogP contribution is -2.25. The first kappa shape index (κ1) is 11.7. The first-order valence-electron chi connectivity index (χ1n) is 6.42. The van der Waals surface area contributed by atoms with Gasteiger partial charge >= 0.3 is 0 Å². The summed E-state index contributed by atoms with van der Waals surface area (Å²) in [6.07, 6.45) is 6.71. The smallest absolute Gasteiger partial charge is 0.0899 e. The van der Waals surface area contributed by atoms with Gasteiger partial charge in [-0.1, -0.05) is 49.4 Å². The van der Waals surface area contributed by atoms with Gasteiger partial charge in [0.25, 0.3) is 0 Å². The van der Waals surface area contributed by atoms with E-state index in [1.807, 2.05) is 0 Å². The first-order valence-corrected chi connectivity index (χ1v) is 6.42. The molecule has 0 saturated heterocycles. The fraction of sp³-hybridized carbons (Fsp3) is 0.600. The lowest BCUT2D eigenvalue weighted by atomic mass is 9.83. The Bertz CT molecular complexity index is 360. The van der Waals surface area contributed by atoms with E-state index < -0.39 is 5.60 Å². The van der Waals surface area contributed by atoms with E-state index >= 15 is 0 Å². The summed E-state index contributed by atoms with van der Waals surface area (Å²) < 4.78 is 0. The molecule has 1 aliphatic carbocycles. The Kier molecular flexibility index (Phi) is 3.34. The van der Waals surface area contributed by atoms with Gasteiger partial charge in [-0.3, -0.25) is 0 Å². The monoisotopic (exact) mass is 218 g/mol. The Morgan fingerprint density at radius 3 is 2.19 bits per heavy atom. The van der Waals surface area contributed by atoms with E-state index in [-0.39, 0.29) is 0 Å². The van der Waals surface area contributed by atoms with Gasteiger partial charge in [0.05, 0.1) is 5.60 Å². The molecule has 0 spiro atoms. The molecule has 16 heavy (non-hydrogen) atoms. The fourth-order valence-corrected chi connectivity index (χ4v) is 2.92. The molecule has 0 atom stereocenters. The Morgan fingerprint density at radius 2 is 1.62 bits per heavy atom. The highest BCUT2D eigenvalue weighted by Crippen LogP contribution is 2.37. The van der Waals surface area contributed by atoms with Gasteiger partial charge in [-0.15, -0.1) is 0 Å². The van der Waals surface area contributed by atoms with Crippen LogP contribution >= 0.6 is 0 Å². The van der Waals surface area contributed by atoms with E-state index in [9.17, 15) is 5.11 Å². The van der Waals surface area contributed by atoms with Crippen LogP contribution in [0.25, 0.3) is 0 Å². The molecule has 1 aliphatic rings. The molecular formula is C15H22O. The van der Waals surface area contributed by atoms with E-state index in [0.29, 0.717) is 0 Å². The van der Waals surface area contributed by atoms with Crippen LogP contribution in [0.2, 0.25) is 0 Å². The molecule has 0 radical (unpaired) electrons.